The predicted molar refractivity (Wildman–Crippen MR) is 68.7 cm³/mol. The largest absolute Gasteiger partial charge is 0.319 e. The normalized spacial score (nSPS) is 15.2. The van der Waals surface area contributed by atoms with E-state index in [9.17, 15) is 22.4 Å². The first kappa shape index (κ1) is 16.0. The second kappa shape index (κ2) is 5.80. The lowest BCUT2D eigenvalue weighted by molar-refractivity contribution is -0.110. The zero-order valence-corrected chi connectivity index (χ0v) is 11.4. The highest BCUT2D eigenvalue weighted by molar-refractivity contribution is 5.64. The third-order valence-corrected chi connectivity index (χ3v) is 3.23. The van der Waals surface area contributed by atoms with E-state index in [1.807, 2.05) is 0 Å². The number of carbonyl (C=O) groups is 1. The second-order valence-corrected chi connectivity index (χ2v) is 4.90. The molecule has 4 nitrogen and oxygen atoms in total. The molecule has 2 unspecified atom stereocenters. The van der Waals surface area contributed by atoms with Crippen molar-refractivity contribution in [3.63, 3.8) is 0 Å². The fourth-order valence-electron chi connectivity index (χ4n) is 2.10. The van der Waals surface area contributed by atoms with Crippen LogP contribution in [-0.4, -0.2) is 16.3 Å². The van der Waals surface area contributed by atoms with E-state index in [0.717, 1.165) is 6.20 Å². The molecule has 2 aromatic rings. The summed E-state index contributed by atoms with van der Waals surface area (Å²) < 4.78 is 53.5. The fourth-order valence-corrected chi connectivity index (χ4v) is 2.10. The summed E-state index contributed by atoms with van der Waals surface area (Å²) in [6.45, 7) is 1.22. The topological polar surface area (TPSA) is 68.9 Å². The maximum Gasteiger partial charge on any atom is 0.149 e. The van der Waals surface area contributed by atoms with Crippen LogP contribution in [0, 0.1) is 23.3 Å². The Morgan fingerprint density at radius 2 is 1.64 bits per heavy atom. The fraction of sp³-hybridized carbons (Fsp3) is 0.214. The van der Waals surface area contributed by atoms with E-state index >= 15 is 0 Å². The summed E-state index contributed by atoms with van der Waals surface area (Å²) in [5.41, 5.74) is 3.23. The smallest absolute Gasteiger partial charge is 0.149 e. The minimum absolute atomic E-state index is 0.258. The summed E-state index contributed by atoms with van der Waals surface area (Å²) in [5, 5.41) is 0. The lowest BCUT2D eigenvalue weighted by Gasteiger charge is -2.30. The highest BCUT2D eigenvalue weighted by atomic mass is 19.1. The summed E-state index contributed by atoms with van der Waals surface area (Å²) in [4.78, 5) is 18.4. The number of aromatic nitrogens is 2. The van der Waals surface area contributed by atoms with Crippen molar-refractivity contribution in [1.82, 2.24) is 9.97 Å². The molecule has 2 heterocycles. The van der Waals surface area contributed by atoms with E-state index in [-0.39, 0.29) is 6.29 Å². The molecule has 0 aliphatic carbocycles. The molecule has 0 spiro atoms. The summed E-state index contributed by atoms with van der Waals surface area (Å²) >= 11 is 0. The van der Waals surface area contributed by atoms with Crippen molar-refractivity contribution in [3.05, 3.63) is 59.2 Å². The quantitative estimate of drug-likeness (QED) is 0.694. The van der Waals surface area contributed by atoms with Crippen LogP contribution < -0.4 is 5.73 Å². The van der Waals surface area contributed by atoms with Crippen LogP contribution in [0.1, 0.15) is 24.2 Å². The van der Waals surface area contributed by atoms with Gasteiger partial charge in [-0.15, -0.1) is 0 Å². The Balaban J connectivity index is 2.55. The lowest BCUT2D eigenvalue weighted by atomic mass is 9.81. The Hall–Kier alpha value is -2.35. The monoisotopic (exact) mass is 313 g/mol. The molecular formula is C14H11F4N3O. The molecule has 0 fully saturated rings. The van der Waals surface area contributed by atoms with Crippen LogP contribution in [-0.2, 0) is 10.3 Å². The van der Waals surface area contributed by atoms with Gasteiger partial charge in [0.15, 0.2) is 0 Å². The van der Waals surface area contributed by atoms with Gasteiger partial charge in [0.1, 0.15) is 29.6 Å². The number of hydrogen-bond acceptors (Lipinski definition) is 4. The van der Waals surface area contributed by atoms with Gasteiger partial charge < -0.3 is 10.5 Å². The highest BCUT2D eigenvalue weighted by Crippen LogP contribution is 2.33. The van der Waals surface area contributed by atoms with Crippen molar-refractivity contribution in [3.8, 4) is 0 Å². The molecule has 0 saturated carbocycles. The van der Waals surface area contributed by atoms with Crippen molar-refractivity contribution >= 4 is 6.29 Å². The van der Waals surface area contributed by atoms with Crippen molar-refractivity contribution in [2.45, 2.75) is 18.4 Å². The zero-order valence-electron chi connectivity index (χ0n) is 11.4. The van der Waals surface area contributed by atoms with Crippen molar-refractivity contribution in [2.24, 2.45) is 5.73 Å². The molecule has 0 aliphatic rings. The Morgan fingerprint density at radius 3 is 2.14 bits per heavy atom. The summed E-state index contributed by atoms with van der Waals surface area (Å²) in [5.74, 6) is -5.49. The van der Waals surface area contributed by atoms with E-state index in [1.54, 1.807) is 0 Å². The third-order valence-electron chi connectivity index (χ3n) is 3.23. The van der Waals surface area contributed by atoms with Gasteiger partial charge in [0.2, 0.25) is 0 Å². The number of halogens is 4. The lowest BCUT2D eigenvalue weighted by Crippen LogP contribution is -2.43. The zero-order chi connectivity index (χ0) is 16.5. The summed E-state index contributed by atoms with van der Waals surface area (Å²) in [7, 11) is 0. The van der Waals surface area contributed by atoms with Crippen molar-refractivity contribution in [2.75, 3.05) is 0 Å². The van der Waals surface area contributed by atoms with Crippen LogP contribution >= 0.6 is 0 Å². The van der Waals surface area contributed by atoms with E-state index in [0.29, 0.717) is 18.3 Å². The van der Waals surface area contributed by atoms with Crippen molar-refractivity contribution < 1.29 is 22.4 Å². The second-order valence-electron chi connectivity index (χ2n) is 4.90. The minimum Gasteiger partial charge on any atom is -0.319 e. The molecule has 116 valence electrons. The van der Waals surface area contributed by atoms with Gasteiger partial charge in [-0.25, -0.2) is 17.6 Å². The third kappa shape index (κ3) is 2.82. The SMILES string of the molecule is CC(N)(c1ncc(F)cc1F)C(C=O)c1ncc(F)cc1F. The number of nitrogens with zero attached hydrogens (tertiary/aromatic N) is 2. The molecule has 2 aromatic heterocycles. The Kier molecular flexibility index (Phi) is 4.23. The molecule has 0 amide bonds. The molecule has 0 radical (unpaired) electrons. The van der Waals surface area contributed by atoms with Gasteiger partial charge in [-0.2, -0.15) is 0 Å². The van der Waals surface area contributed by atoms with E-state index in [2.05, 4.69) is 9.97 Å². The molecule has 0 aromatic carbocycles. The summed E-state index contributed by atoms with van der Waals surface area (Å²) in [6.07, 6.45) is 1.69. The molecular weight excluding hydrogens is 302 g/mol. The van der Waals surface area contributed by atoms with Gasteiger partial charge >= 0.3 is 0 Å². The Morgan fingerprint density at radius 1 is 1.09 bits per heavy atom. The van der Waals surface area contributed by atoms with Gasteiger partial charge in [-0.1, -0.05) is 0 Å². The molecule has 0 saturated heterocycles. The van der Waals surface area contributed by atoms with Crippen LogP contribution in [0.15, 0.2) is 24.5 Å². The molecule has 0 aliphatic heterocycles. The minimum atomic E-state index is -1.81. The Bertz CT molecular complexity index is 721. The number of rotatable bonds is 4. The average molecular weight is 313 g/mol. The molecule has 0 bridgehead atoms. The number of hydrogen-bond donors (Lipinski definition) is 1. The molecule has 8 heteroatoms. The molecule has 2 N–H and O–H groups in total. The van der Waals surface area contributed by atoms with E-state index in [4.69, 9.17) is 5.73 Å². The van der Waals surface area contributed by atoms with Crippen LogP contribution in [0.2, 0.25) is 0 Å². The summed E-state index contributed by atoms with van der Waals surface area (Å²) in [6, 6.07) is 1.08. The number of pyridine rings is 2. The first-order valence-electron chi connectivity index (χ1n) is 6.14. The van der Waals surface area contributed by atoms with Gasteiger partial charge in [-0.05, 0) is 6.92 Å². The maximum absolute atomic E-state index is 13.9. The van der Waals surface area contributed by atoms with Crippen molar-refractivity contribution in [1.29, 1.82) is 0 Å². The van der Waals surface area contributed by atoms with Gasteiger partial charge in [0, 0.05) is 12.1 Å². The Labute approximate surface area is 123 Å². The van der Waals surface area contributed by atoms with Gasteiger partial charge in [0.05, 0.1) is 35.2 Å². The first-order chi connectivity index (χ1) is 10.3. The average Bonchev–Trinajstić information content (AvgIpc) is 2.41. The van der Waals surface area contributed by atoms with Gasteiger partial charge in [-0.3, -0.25) is 9.97 Å². The van der Waals surface area contributed by atoms with E-state index < -0.39 is 46.1 Å². The molecule has 2 atom stereocenters. The van der Waals surface area contributed by atoms with Gasteiger partial charge in [0.25, 0.3) is 0 Å². The number of nitrogens with two attached hydrogens (primary N) is 1. The van der Waals surface area contributed by atoms with Crippen LogP contribution in [0.25, 0.3) is 0 Å². The number of aldehydes is 1. The standard InChI is InChI=1S/C14H11F4N3O/c1-14(19,13-11(18)3-8(16)5-21-13)9(6-22)12-10(17)2-7(15)4-20-12/h2-6,9H,19H2,1H3. The van der Waals surface area contributed by atoms with Crippen LogP contribution in [0.5, 0.6) is 0 Å². The maximum atomic E-state index is 13.9. The number of carbonyl (C=O) groups excluding carboxylic acids is 1. The predicted octanol–water partition coefficient (Wildman–Crippen LogP) is 2.19. The molecule has 2 rings (SSSR count). The van der Waals surface area contributed by atoms with Crippen LogP contribution in [0.3, 0.4) is 0 Å². The highest BCUT2D eigenvalue weighted by Gasteiger charge is 2.39. The van der Waals surface area contributed by atoms with Crippen LogP contribution in [0.4, 0.5) is 17.6 Å². The van der Waals surface area contributed by atoms with E-state index in [1.165, 1.54) is 6.92 Å². The molecule has 22 heavy (non-hydrogen) atoms. The first-order valence-corrected chi connectivity index (χ1v) is 6.14.